The Bertz CT molecular complexity index is 884. The van der Waals surface area contributed by atoms with Crippen LogP contribution in [0.2, 0.25) is 0 Å². The van der Waals surface area contributed by atoms with Gasteiger partial charge in [0.1, 0.15) is 20.9 Å². The second-order valence-corrected chi connectivity index (χ2v) is 7.99. The molecule has 3 heterocycles. The Kier molecular flexibility index (Phi) is 4.74. The first-order valence-corrected chi connectivity index (χ1v) is 9.87. The first-order valence-electron chi connectivity index (χ1n) is 8.33. The Balaban J connectivity index is 1.41. The highest BCUT2D eigenvalue weighted by atomic mass is 32.1. The lowest BCUT2D eigenvalue weighted by molar-refractivity contribution is 0.0789. The highest BCUT2D eigenvalue weighted by Gasteiger charge is 2.18. The molecule has 0 bridgehead atoms. The van der Waals surface area contributed by atoms with E-state index in [4.69, 9.17) is 0 Å². The van der Waals surface area contributed by atoms with Crippen LogP contribution in [-0.4, -0.2) is 49.6 Å². The second-order valence-electron chi connectivity index (χ2n) is 6.35. The van der Waals surface area contributed by atoms with Crippen molar-refractivity contribution in [2.75, 3.05) is 20.1 Å². The van der Waals surface area contributed by atoms with Crippen molar-refractivity contribution in [2.24, 2.45) is 0 Å². The summed E-state index contributed by atoms with van der Waals surface area (Å²) in [6.45, 7) is 3.67. The molecule has 1 aliphatic heterocycles. The summed E-state index contributed by atoms with van der Waals surface area (Å²) in [5.74, 6) is 0.0154. The third-order valence-corrected chi connectivity index (χ3v) is 5.93. The molecule has 0 saturated carbocycles. The third kappa shape index (κ3) is 3.70. The lowest BCUT2D eigenvalue weighted by Crippen LogP contribution is -2.25. The van der Waals surface area contributed by atoms with Gasteiger partial charge in [0.15, 0.2) is 0 Å². The van der Waals surface area contributed by atoms with Crippen LogP contribution in [-0.2, 0) is 13.1 Å². The molecule has 6 nitrogen and oxygen atoms in total. The van der Waals surface area contributed by atoms with Crippen molar-refractivity contribution in [3.63, 3.8) is 0 Å². The van der Waals surface area contributed by atoms with E-state index in [0.29, 0.717) is 11.4 Å². The quantitative estimate of drug-likeness (QED) is 0.688. The van der Waals surface area contributed by atoms with Crippen molar-refractivity contribution >= 4 is 40.0 Å². The minimum atomic E-state index is 0.0154. The molecule has 0 radical (unpaired) electrons. The molecule has 0 spiro atoms. The monoisotopic (exact) mass is 373 g/mol. The van der Waals surface area contributed by atoms with Gasteiger partial charge in [-0.15, -0.1) is 11.3 Å². The van der Waals surface area contributed by atoms with Crippen LogP contribution in [0.1, 0.15) is 33.1 Å². The van der Waals surface area contributed by atoms with Crippen LogP contribution in [0.15, 0.2) is 24.4 Å². The number of amides is 1. The molecule has 0 atom stereocenters. The van der Waals surface area contributed by atoms with E-state index in [1.165, 1.54) is 35.9 Å². The van der Waals surface area contributed by atoms with Crippen molar-refractivity contribution in [3.05, 3.63) is 39.8 Å². The molecule has 1 aliphatic rings. The molecule has 2 aromatic heterocycles. The molecule has 0 aliphatic carbocycles. The number of carbonyl (C=O) groups is 1. The predicted molar refractivity (Wildman–Crippen MR) is 99.8 cm³/mol. The maximum absolute atomic E-state index is 12.7. The topological polar surface area (TPSA) is 62.2 Å². The summed E-state index contributed by atoms with van der Waals surface area (Å²) >= 11 is 2.71. The Hall–Kier alpha value is -1.90. The number of benzene rings is 1. The molecule has 0 N–H and O–H groups in total. The number of rotatable bonds is 5. The number of nitrogens with zero attached hydrogens (tertiary/aromatic N) is 5. The summed E-state index contributed by atoms with van der Waals surface area (Å²) < 4.78 is 8.46. The maximum atomic E-state index is 12.7. The third-order valence-electron chi connectivity index (χ3n) is 4.41. The zero-order chi connectivity index (χ0) is 17.2. The van der Waals surface area contributed by atoms with Crippen LogP contribution in [0, 0.1) is 0 Å². The molecule has 1 aromatic carbocycles. The van der Waals surface area contributed by atoms with E-state index in [1.54, 1.807) is 11.1 Å². The molecule has 130 valence electrons. The first kappa shape index (κ1) is 16.6. The Morgan fingerprint density at radius 2 is 2.04 bits per heavy atom. The summed E-state index contributed by atoms with van der Waals surface area (Å²) in [4.78, 5) is 21.9. The van der Waals surface area contributed by atoms with Crippen molar-refractivity contribution in [2.45, 2.75) is 25.9 Å². The molecule has 8 heteroatoms. The van der Waals surface area contributed by atoms with Crippen LogP contribution in [0.4, 0.5) is 0 Å². The molecule has 4 rings (SSSR count). The molecular weight excluding hydrogens is 354 g/mol. The average molecular weight is 374 g/mol. The minimum Gasteiger partial charge on any atom is -0.337 e. The first-order chi connectivity index (χ1) is 12.2. The van der Waals surface area contributed by atoms with Gasteiger partial charge in [-0.1, -0.05) is 6.07 Å². The van der Waals surface area contributed by atoms with Gasteiger partial charge in [0.25, 0.3) is 5.91 Å². The van der Waals surface area contributed by atoms with Gasteiger partial charge in [0.2, 0.25) is 0 Å². The van der Waals surface area contributed by atoms with Crippen LogP contribution in [0.5, 0.6) is 0 Å². The van der Waals surface area contributed by atoms with E-state index < -0.39 is 0 Å². The molecule has 1 amide bonds. The maximum Gasteiger partial charge on any atom is 0.265 e. The van der Waals surface area contributed by atoms with Crippen molar-refractivity contribution in [1.82, 2.24) is 23.5 Å². The molecule has 25 heavy (non-hydrogen) atoms. The van der Waals surface area contributed by atoms with E-state index >= 15 is 0 Å². The fourth-order valence-corrected chi connectivity index (χ4v) is 4.55. The van der Waals surface area contributed by atoms with Gasteiger partial charge in [0, 0.05) is 13.6 Å². The normalized spacial score (nSPS) is 15.1. The van der Waals surface area contributed by atoms with E-state index in [1.807, 2.05) is 25.2 Å². The number of hydrogen-bond donors (Lipinski definition) is 0. The summed E-state index contributed by atoms with van der Waals surface area (Å²) in [7, 11) is 1.83. The molecule has 1 saturated heterocycles. The lowest BCUT2D eigenvalue weighted by Gasteiger charge is -2.16. The Morgan fingerprint density at radius 1 is 1.24 bits per heavy atom. The van der Waals surface area contributed by atoms with Crippen LogP contribution in [0.25, 0.3) is 11.0 Å². The van der Waals surface area contributed by atoms with Crippen molar-refractivity contribution < 1.29 is 4.79 Å². The lowest BCUT2D eigenvalue weighted by atomic mass is 10.2. The summed E-state index contributed by atoms with van der Waals surface area (Å²) in [5, 5.41) is 1.02. The van der Waals surface area contributed by atoms with Gasteiger partial charge in [-0.3, -0.25) is 9.69 Å². The average Bonchev–Trinajstić information content (AvgIpc) is 3.35. The van der Waals surface area contributed by atoms with E-state index in [9.17, 15) is 4.79 Å². The highest BCUT2D eigenvalue weighted by Crippen LogP contribution is 2.20. The number of likely N-dealkylation sites (tertiary alicyclic amines) is 1. The fraction of sp³-hybridized carbons (Fsp3) is 0.412. The number of hydrogen-bond acceptors (Lipinski definition) is 7. The number of fused-ring (bicyclic) bond motifs is 1. The number of thiazole rings is 1. The Labute approximate surface area is 154 Å². The molecule has 0 unspecified atom stereocenters. The number of carbonyl (C=O) groups excluding carboxylic acids is 1. The van der Waals surface area contributed by atoms with Crippen LogP contribution < -0.4 is 0 Å². The smallest absolute Gasteiger partial charge is 0.265 e. The number of aromatic nitrogens is 3. The zero-order valence-corrected chi connectivity index (χ0v) is 15.6. The molecule has 3 aromatic rings. The van der Waals surface area contributed by atoms with Gasteiger partial charge in [-0.25, -0.2) is 4.98 Å². The van der Waals surface area contributed by atoms with Gasteiger partial charge >= 0.3 is 0 Å². The molecular formula is C17H19N5OS2. The van der Waals surface area contributed by atoms with Gasteiger partial charge in [-0.05, 0) is 43.6 Å². The van der Waals surface area contributed by atoms with Crippen molar-refractivity contribution in [1.29, 1.82) is 0 Å². The van der Waals surface area contributed by atoms with E-state index in [-0.39, 0.29) is 5.91 Å². The summed E-state index contributed by atoms with van der Waals surface area (Å²) in [5.41, 5.74) is 2.84. The van der Waals surface area contributed by atoms with E-state index in [0.717, 1.165) is 41.2 Å². The predicted octanol–water partition coefficient (Wildman–Crippen LogP) is 3.02. The van der Waals surface area contributed by atoms with Crippen LogP contribution in [0.3, 0.4) is 0 Å². The fourth-order valence-electron chi connectivity index (χ4n) is 3.07. The SMILES string of the molecule is CN(Cc1ccc2nsnc2c1)C(=O)c1cnc(CN2CCCC2)s1. The van der Waals surface area contributed by atoms with Crippen LogP contribution >= 0.6 is 23.1 Å². The highest BCUT2D eigenvalue weighted by molar-refractivity contribution is 7.13. The summed E-state index contributed by atoms with van der Waals surface area (Å²) in [6.07, 6.45) is 4.24. The second kappa shape index (κ2) is 7.15. The largest absolute Gasteiger partial charge is 0.337 e. The Morgan fingerprint density at radius 3 is 2.88 bits per heavy atom. The minimum absolute atomic E-state index is 0.0154. The molecule has 1 fully saturated rings. The standard InChI is InChI=1S/C17H19N5OS2/c1-21(10-12-4-5-13-14(8-12)20-25-19-13)17(23)15-9-18-16(24-15)11-22-6-2-3-7-22/h4-5,8-9H,2-3,6-7,10-11H2,1H3. The zero-order valence-electron chi connectivity index (χ0n) is 14.0. The van der Waals surface area contributed by atoms with Gasteiger partial charge in [-0.2, -0.15) is 8.75 Å². The van der Waals surface area contributed by atoms with E-state index in [2.05, 4.69) is 18.6 Å². The summed E-state index contributed by atoms with van der Waals surface area (Å²) in [6, 6.07) is 5.94. The van der Waals surface area contributed by atoms with Gasteiger partial charge in [0.05, 0.1) is 24.5 Å². The van der Waals surface area contributed by atoms with Gasteiger partial charge < -0.3 is 4.90 Å². The van der Waals surface area contributed by atoms with Crippen molar-refractivity contribution in [3.8, 4) is 0 Å².